The first-order chi connectivity index (χ1) is 6.11. The molecular weight excluding hydrogens is 170 g/mol. The van der Waals surface area contributed by atoms with Gasteiger partial charge in [-0.1, -0.05) is 0 Å². The molecule has 0 unspecified atom stereocenters. The van der Waals surface area contributed by atoms with Crippen LogP contribution in [0.3, 0.4) is 0 Å². The quantitative estimate of drug-likeness (QED) is 0.644. The molecule has 1 amide bonds. The number of nitrogens with zero attached hydrogens (tertiary/aromatic N) is 4. The minimum absolute atomic E-state index is 0.0863. The number of amides is 1. The molecule has 0 aromatic carbocycles. The van der Waals surface area contributed by atoms with Crippen LogP contribution in [-0.4, -0.2) is 35.4 Å². The smallest absolute Gasteiger partial charge is 0.223 e. The highest BCUT2D eigenvalue weighted by Gasteiger charge is 2.09. The number of hydrogen-bond acceptors (Lipinski definition) is 5. The normalized spacial score (nSPS) is 9.69. The summed E-state index contributed by atoms with van der Waals surface area (Å²) in [7, 11) is 3.67. The average molecular weight is 181 g/mol. The largest absolute Gasteiger partial charge is 0.375 e. The highest BCUT2D eigenvalue weighted by Crippen LogP contribution is 2.12. The van der Waals surface area contributed by atoms with E-state index in [0.717, 1.165) is 5.69 Å². The van der Waals surface area contributed by atoms with Crippen LogP contribution in [0.25, 0.3) is 0 Å². The monoisotopic (exact) mass is 181 g/mol. The van der Waals surface area contributed by atoms with Gasteiger partial charge in [-0.15, -0.1) is 10.2 Å². The van der Waals surface area contributed by atoms with E-state index in [0.29, 0.717) is 5.69 Å². The van der Waals surface area contributed by atoms with Gasteiger partial charge in [-0.25, -0.2) is 0 Å². The van der Waals surface area contributed by atoms with Crippen LogP contribution in [0.15, 0.2) is 6.20 Å². The van der Waals surface area contributed by atoms with Crippen molar-refractivity contribution in [2.24, 2.45) is 5.73 Å². The molecule has 1 rings (SSSR count). The van der Waals surface area contributed by atoms with E-state index in [1.54, 1.807) is 11.1 Å². The number of rotatable bonds is 3. The molecule has 70 valence electrons. The van der Waals surface area contributed by atoms with Gasteiger partial charge in [0.25, 0.3) is 0 Å². The SMILES string of the molecule is CN(C)c1cnnnc1CC(N)=O. The van der Waals surface area contributed by atoms with Crippen molar-refractivity contribution in [2.45, 2.75) is 6.42 Å². The molecule has 0 spiro atoms. The highest BCUT2D eigenvalue weighted by molar-refractivity contribution is 5.77. The van der Waals surface area contributed by atoms with Crippen molar-refractivity contribution in [3.8, 4) is 0 Å². The molecule has 6 nitrogen and oxygen atoms in total. The number of carbonyl (C=O) groups excluding carboxylic acids is 1. The van der Waals surface area contributed by atoms with Crippen LogP contribution < -0.4 is 10.6 Å². The van der Waals surface area contributed by atoms with E-state index in [2.05, 4.69) is 15.4 Å². The summed E-state index contributed by atoms with van der Waals surface area (Å²) >= 11 is 0. The number of anilines is 1. The molecule has 0 radical (unpaired) electrons. The van der Waals surface area contributed by atoms with Crippen LogP contribution in [-0.2, 0) is 11.2 Å². The molecule has 0 saturated carbocycles. The molecule has 0 fully saturated rings. The van der Waals surface area contributed by atoms with E-state index < -0.39 is 5.91 Å². The molecule has 1 aromatic heterocycles. The maximum atomic E-state index is 10.7. The van der Waals surface area contributed by atoms with Gasteiger partial charge in [0, 0.05) is 14.1 Å². The lowest BCUT2D eigenvalue weighted by molar-refractivity contribution is -0.117. The van der Waals surface area contributed by atoms with Crippen LogP contribution >= 0.6 is 0 Å². The number of nitrogens with two attached hydrogens (primary N) is 1. The number of primary amides is 1. The summed E-state index contributed by atoms with van der Waals surface area (Å²) in [5.41, 5.74) is 6.35. The molecule has 0 bridgehead atoms. The van der Waals surface area contributed by atoms with Crippen molar-refractivity contribution in [2.75, 3.05) is 19.0 Å². The van der Waals surface area contributed by atoms with E-state index >= 15 is 0 Å². The zero-order valence-electron chi connectivity index (χ0n) is 7.56. The van der Waals surface area contributed by atoms with Gasteiger partial charge in [-0.2, -0.15) is 0 Å². The van der Waals surface area contributed by atoms with E-state index in [-0.39, 0.29) is 6.42 Å². The highest BCUT2D eigenvalue weighted by atomic mass is 16.1. The average Bonchev–Trinajstić information content (AvgIpc) is 2.03. The lowest BCUT2D eigenvalue weighted by Crippen LogP contribution is -2.19. The van der Waals surface area contributed by atoms with E-state index in [1.165, 1.54) is 0 Å². The Morgan fingerprint density at radius 3 is 2.85 bits per heavy atom. The molecule has 0 atom stereocenters. The molecule has 1 heterocycles. The first kappa shape index (κ1) is 9.37. The summed E-state index contributed by atoms with van der Waals surface area (Å²) in [6.45, 7) is 0. The topological polar surface area (TPSA) is 85.0 Å². The standard InChI is InChI=1S/C7H11N5O/c1-12(2)6-4-9-11-10-5(6)3-7(8)13/h4H,3H2,1-2H3,(H2,8,13). The molecule has 13 heavy (non-hydrogen) atoms. The second kappa shape index (κ2) is 3.79. The van der Waals surface area contributed by atoms with Crippen molar-refractivity contribution < 1.29 is 4.79 Å². The summed E-state index contributed by atoms with van der Waals surface area (Å²) in [6.07, 6.45) is 1.63. The first-order valence-corrected chi connectivity index (χ1v) is 3.74. The van der Waals surface area contributed by atoms with Crippen molar-refractivity contribution in [1.29, 1.82) is 0 Å². The summed E-state index contributed by atoms with van der Waals surface area (Å²) in [5, 5.41) is 10.8. The van der Waals surface area contributed by atoms with Gasteiger partial charge in [-0.3, -0.25) is 4.79 Å². The van der Waals surface area contributed by atoms with Crippen LogP contribution in [0.5, 0.6) is 0 Å². The number of aromatic nitrogens is 3. The van der Waals surface area contributed by atoms with Gasteiger partial charge in [-0.05, 0) is 5.21 Å². The second-order valence-electron chi connectivity index (χ2n) is 2.80. The van der Waals surface area contributed by atoms with Crippen molar-refractivity contribution in [1.82, 2.24) is 15.4 Å². The Morgan fingerprint density at radius 1 is 1.62 bits per heavy atom. The predicted molar refractivity (Wildman–Crippen MR) is 47.1 cm³/mol. The van der Waals surface area contributed by atoms with Gasteiger partial charge < -0.3 is 10.6 Å². The van der Waals surface area contributed by atoms with Crippen LogP contribution in [0.1, 0.15) is 5.69 Å². The molecule has 1 aromatic rings. The third-order valence-electron chi connectivity index (χ3n) is 1.52. The second-order valence-corrected chi connectivity index (χ2v) is 2.80. The van der Waals surface area contributed by atoms with Crippen molar-refractivity contribution in [3.63, 3.8) is 0 Å². The Balaban J connectivity index is 2.97. The van der Waals surface area contributed by atoms with E-state index in [9.17, 15) is 4.79 Å². The van der Waals surface area contributed by atoms with E-state index in [4.69, 9.17) is 5.73 Å². The maximum absolute atomic E-state index is 10.7. The minimum Gasteiger partial charge on any atom is -0.375 e. The summed E-state index contributed by atoms with van der Waals surface area (Å²) in [5.74, 6) is -0.427. The fourth-order valence-corrected chi connectivity index (χ4v) is 0.951. The summed E-state index contributed by atoms with van der Waals surface area (Å²) < 4.78 is 0. The Bertz CT molecular complexity index is 312. The molecule has 2 N–H and O–H groups in total. The molecule has 0 aliphatic carbocycles. The Kier molecular flexibility index (Phi) is 2.73. The van der Waals surface area contributed by atoms with Gasteiger partial charge >= 0.3 is 0 Å². The third kappa shape index (κ3) is 2.36. The fourth-order valence-electron chi connectivity index (χ4n) is 0.951. The summed E-state index contributed by atoms with van der Waals surface area (Å²) in [6, 6.07) is 0. The zero-order valence-corrected chi connectivity index (χ0v) is 7.56. The Morgan fingerprint density at radius 2 is 2.31 bits per heavy atom. The number of carbonyl (C=O) groups is 1. The van der Waals surface area contributed by atoms with Crippen LogP contribution in [0.2, 0.25) is 0 Å². The van der Waals surface area contributed by atoms with Crippen LogP contribution in [0.4, 0.5) is 5.69 Å². The molecule has 0 aliphatic rings. The minimum atomic E-state index is -0.427. The van der Waals surface area contributed by atoms with E-state index in [1.807, 2.05) is 14.1 Å². The lowest BCUT2D eigenvalue weighted by Gasteiger charge is -2.13. The first-order valence-electron chi connectivity index (χ1n) is 3.74. The van der Waals surface area contributed by atoms with Crippen molar-refractivity contribution >= 4 is 11.6 Å². The Hall–Kier alpha value is -1.72. The zero-order chi connectivity index (χ0) is 9.84. The van der Waals surface area contributed by atoms with Crippen molar-refractivity contribution in [3.05, 3.63) is 11.9 Å². The van der Waals surface area contributed by atoms with Crippen LogP contribution in [0, 0.1) is 0 Å². The Labute approximate surface area is 75.7 Å². The third-order valence-corrected chi connectivity index (χ3v) is 1.52. The summed E-state index contributed by atoms with van der Waals surface area (Å²) in [4.78, 5) is 12.5. The van der Waals surface area contributed by atoms with Gasteiger partial charge in [0.05, 0.1) is 24.0 Å². The lowest BCUT2D eigenvalue weighted by atomic mass is 10.2. The predicted octanol–water partition coefficient (Wildman–Crippen LogP) is -1.03. The molecular formula is C7H11N5O. The van der Waals surface area contributed by atoms with Gasteiger partial charge in [0.1, 0.15) is 0 Å². The van der Waals surface area contributed by atoms with Gasteiger partial charge in [0.15, 0.2) is 0 Å². The molecule has 0 saturated heterocycles. The fraction of sp³-hybridized carbons (Fsp3) is 0.429. The number of hydrogen-bond donors (Lipinski definition) is 1. The molecule has 0 aliphatic heterocycles. The maximum Gasteiger partial charge on any atom is 0.223 e. The molecule has 6 heteroatoms. The van der Waals surface area contributed by atoms with Gasteiger partial charge in [0.2, 0.25) is 5.91 Å².